The van der Waals surface area contributed by atoms with Crippen molar-refractivity contribution in [2.45, 2.75) is 48.5 Å². The third kappa shape index (κ3) is 6.54. The monoisotopic (exact) mass is 384 g/mol. The van der Waals surface area contributed by atoms with E-state index in [2.05, 4.69) is 15.3 Å². The lowest BCUT2D eigenvalue weighted by Gasteiger charge is -1.99. The first kappa shape index (κ1) is 24.8. The van der Waals surface area contributed by atoms with E-state index in [-0.39, 0.29) is 17.0 Å². The number of phenols is 1. The van der Waals surface area contributed by atoms with E-state index in [1.807, 2.05) is 71.9 Å². The minimum Gasteiger partial charge on any atom is -0.506 e. The van der Waals surface area contributed by atoms with Crippen LogP contribution in [0.3, 0.4) is 0 Å². The van der Waals surface area contributed by atoms with Crippen molar-refractivity contribution < 1.29 is 5.11 Å². The molecule has 0 saturated carbocycles. The summed E-state index contributed by atoms with van der Waals surface area (Å²) in [6, 6.07) is 15.8. The quantitative estimate of drug-likeness (QED) is 0.494. The smallest absolute Gasteiger partial charge is 0.299 e. The van der Waals surface area contributed by atoms with Gasteiger partial charge in [0.05, 0.1) is 11.4 Å². The van der Waals surface area contributed by atoms with Gasteiger partial charge in [-0.05, 0) is 31.2 Å². The highest BCUT2D eigenvalue weighted by Gasteiger charge is 2.12. The molecule has 0 unspecified atom stereocenters. The molecule has 2 aromatic carbocycles. The number of rotatable bonds is 3. The van der Waals surface area contributed by atoms with Crippen LogP contribution in [0.5, 0.6) is 5.75 Å². The van der Waals surface area contributed by atoms with E-state index >= 15 is 0 Å². The number of nitrogens with one attached hydrogen (secondary N) is 1. The lowest BCUT2D eigenvalue weighted by atomic mass is 10.3. The van der Waals surface area contributed by atoms with Crippen molar-refractivity contribution in [1.29, 1.82) is 0 Å². The highest BCUT2D eigenvalue weighted by molar-refractivity contribution is 5.51. The van der Waals surface area contributed by atoms with Crippen LogP contribution in [-0.2, 0) is 0 Å². The molecule has 0 fully saturated rings. The SMILES string of the molecule is CC.CC.CC.Cc1[nH]n(-c2ccccc2)c(=O)c1N=Nc1ccccc1O. The Kier molecular flexibility index (Phi) is 12.4. The lowest BCUT2D eigenvalue weighted by molar-refractivity contribution is 0.476. The Morgan fingerprint density at radius 2 is 1.36 bits per heavy atom. The predicted molar refractivity (Wildman–Crippen MR) is 117 cm³/mol. The Bertz CT molecular complexity index is 881. The Labute approximate surface area is 167 Å². The average Bonchev–Trinajstić information content (AvgIpc) is 3.06. The minimum absolute atomic E-state index is 0.0165. The van der Waals surface area contributed by atoms with Crippen molar-refractivity contribution >= 4 is 11.4 Å². The summed E-state index contributed by atoms with van der Waals surface area (Å²) >= 11 is 0. The Morgan fingerprint density at radius 3 is 1.93 bits per heavy atom. The second-order valence-corrected chi connectivity index (χ2v) is 4.75. The van der Waals surface area contributed by atoms with E-state index in [1.54, 1.807) is 25.1 Å². The number of hydrogen-bond acceptors (Lipinski definition) is 4. The van der Waals surface area contributed by atoms with Gasteiger partial charge in [-0.25, -0.2) is 4.68 Å². The van der Waals surface area contributed by atoms with E-state index in [9.17, 15) is 9.90 Å². The summed E-state index contributed by atoms with van der Waals surface area (Å²) in [5.41, 5.74) is 1.57. The number of aromatic nitrogens is 2. The first-order chi connectivity index (χ1) is 13.7. The fourth-order valence-electron chi connectivity index (χ4n) is 2.07. The standard InChI is InChI=1S/C16H14N4O2.3C2H6/c1-11-15(18-17-13-9-5-6-10-14(13)21)16(22)20(19-11)12-7-3-2-4-8-12;3*1-2/h2-10,19,21H,1H3;3*1-2H3. The summed E-state index contributed by atoms with van der Waals surface area (Å²) in [7, 11) is 0. The number of phenolic OH excluding ortho intramolecular Hbond substituents is 1. The third-order valence-electron chi connectivity index (χ3n) is 3.19. The number of nitrogens with zero attached hydrogens (tertiary/aromatic N) is 3. The summed E-state index contributed by atoms with van der Waals surface area (Å²) in [4.78, 5) is 12.4. The zero-order chi connectivity index (χ0) is 21.5. The molecule has 0 radical (unpaired) electrons. The molecule has 0 amide bonds. The van der Waals surface area contributed by atoms with E-state index < -0.39 is 0 Å². The molecular weight excluding hydrogens is 352 g/mol. The highest BCUT2D eigenvalue weighted by Crippen LogP contribution is 2.27. The molecule has 0 atom stereocenters. The van der Waals surface area contributed by atoms with Crippen LogP contribution >= 0.6 is 0 Å². The Balaban J connectivity index is 0.00000111. The van der Waals surface area contributed by atoms with Gasteiger partial charge >= 0.3 is 0 Å². The summed E-state index contributed by atoms with van der Waals surface area (Å²) in [5, 5.41) is 20.6. The molecule has 1 heterocycles. The minimum atomic E-state index is -0.289. The van der Waals surface area contributed by atoms with Crippen LogP contribution in [0.15, 0.2) is 69.6 Å². The third-order valence-corrected chi connectivity index (χ3v) is 3.19. The average molecular weight is 385 g/mol. The maximum atomic E-state index is 12.4. The summed E-state index contributed by atoms with van der Waals surface area (Å²) in [5.74, 6) is 0.0165. The van der Waals surface area contributed by atoms with E-state index in [0.717, 1.165) is 5.69 Å². The van der Waals surface area contributed by atoms with Crippen molar-refractivity contribution in [3.8, 4) is 11.4 Å². The molecule has 1 aromatic heterocycles. The van der Waals surface area contributed by atoms with Gasteiger partial charge in [0.1, 0.15) is 11.4 Å². The maximum Gasteiger partial charge on any atom is 0.299 e. The molecule has 0 aliphatic heterocycles. The zero-order valence-electron chi connectivity index (χ0n) is 17.9. The number of azo groups is 1. The molecule has 152 valence electrons. The molecule has 3 aromatic rings. The molecule has 28 heavy (non-hydrogen) atoms. The lowest BCUT2D eigenvalue weighted by Crippen LogP contribution is -2.13. The van der Waals surface area contributed by atoms with Crippen molar-refractivity contribution in [2.24, 2.45) is 10.2 Å². The molecular formula is C22H32N4O2. The first-order valence-electron chi connectivity index (χ1n) is 9.73. The normalized spacial score (nSPS) is 9.39. The van der Waals surface area contributed by atoms with E-state index in [0.29, 0.717) is 11.4 Å². The molecule has 2 N–H and O–H groups in total. The second-order valence-electron chi connectivity index (χ2n) is 4.75. The number of aromatic hydroxyl groups is 1. The van der Waals surface area contributed by atoms with Crippen molar-refractivity contribution in [1.82, 2.24) is 9.78 Å². The molecule has 3 rings (SSSR count). The van der Waals surface area contributed by atoms with Crippen LogP contribution in [0.4, 0.5) is 11.4 Å². The summed E-state index contributed by atoms with van der Waals surface area (Å²) < 4.78 is 1.41. The van der Waals surface area contributed by atoms with Crippen LogP contribution in [0, 0.1) is 6.92 Å². The van der Waals surface area contributed by atoms with Crippen LogP contribution in [0.25, 0.3) is 5.69 Å². The van der Waals surface area contributed by atoms with Gasteiger partial charge in [0.15, 0.2) is 5.69 Å². The van der Waals surface area contributed by atoms with Gasteiger partial charge in [-0.3, -0.25) is 9.89 Å². The molecule has 6 heteroatoms. The van der Waals surface area contributed by atoms with Gasteiger partial charge in [0, 0.05) is 0 Å². The molecule has 0 aliphatic carbocycles. The van der Waals surface area contributed by atoms with Crippen LogP contribution in [-0.4, -0.2) is 14.9 Å². The fraction of sp³-hybridized carbons (Fsp3) is 0.318. The predicted octanol–water partition coefficient (Wildman–Crippen LogP) is 6.67. The van der Waals surface area contributed by atoms with Gasteiger partial charge in [-0.2, -0.15) is 0 Å². The summed E-state index contributed by atoms with van der Waals surface area (Å²) in [6.07, 6.45) is 0. The largest absolute Gasteiger partial charge is 0.506 e. The number of para-hydroxylation sites is 2. The van der Waals surface area contributed by atoms with Gasteiger partial charge in [0.2, 0.25) is 0 Å². The number of benzene rings is 2. The molecule has 0 bridgehead atoms. The van der Waals surface area contributed by atoms with Gasteiger partial charge in [0.25, 0.3) is 5.56 Å². The summed E-state index contributed by atoms with van der Waals surface area (Å²) in [6.45, 7) is 13.8. The van der Waals surface area contributed by atoms with E-state index in [1.165, 1.54) is 10.7 Å². The molecule has 6 nitrogen and oxygen atoms in total. The molecule has 0 aliphatic rings. The van der Waals surface area contributed by atoms with Crippen LogP contribution < -0.4 is 5.56 Å². The molecule has 0 spiro atoms. The zero-order valence-corrected chi connectivity index (χ0v) is 17.9. The number of aryl methyl sites for hydroxylation is 1. The first-order valence-corrected chi connectivity index (χ1v) is 9.73. The van der Waals surface area contributed by atoms with Gasteiger partial charge in [-0.1, -0.05) is 71.9 Å². The van der Waals surface area contributed by atoms with Crippen molar-refractivity contribution in [3.05, 3.63) is 70.6 Å². The van der Waals surface area contributed by atoms with Crippen LogP contribution in [0.1, 0.15) is 47.2 Å². The fourth-order valence-corrected chi connectivity index (χ4v) is 2.07. The topological polar surface area (TPSA) is 82.7 Å². The molecule has 0 saturated heterocycles. The number of aromatic amines is 1. The maximum absolute atomic E-state index is 12.4. The van der Waals surface area contributed by atoms with Gasteiger partial charge < -0.3 is 5.11 Å². The Morgan fingerprint density at radius 1 is 0.821 bits per heavy atom. The second kappa shape index (κ2) is 14.0. The van der Waals surface area contributed by atoms with Crippen LogP contribution in [0.2, 0.25) is 0 Å². The van der Waals surface area contributed by atoms with E-state index in [4.69, 9.17) is 0 Å². The number of H-pyrrole nitrogens is 1. The Hall–Kier alpha value is -3.15. The number of hydrogen-bond donors (Lipinski definition) is 2. The van der Waals surface area contributed by atoms with Crippen molar-refractivity contribution in [2.75, 3.05) is 0 Å². The van der Waals surface area contributed by atoms with Gasteiger partial charge in [-0.15, -0.1) is 10.2 Å². The van der Waals surface area contributed by atoms with Crippen molar-refractivity contribution in [3.63, 3.8) is 0 Å². The highest BCUT2D eigenvalue weighted by atomic mass is 16.3.